The molecule has 1 heterocycles. The van der Waals surface area contributed by atoms with E-state index in [9.17, 15) is 5.11 Å². The van der Waals surface area contributed by atoms with Crippen LogP contribution in [0.25, 0.3) is 10.1 Å². The fourth-order valence-corrected chi connectivity index (χ4v) is 4.17. The Labute approximate surface area is 98.3 Å². The Hall–Kier alpha value is 0.0600. The van der Waals surface area contributed by atoms with E-state index in [0.29, 0.717) is 5.75 Å². The zero-order chi connectivity index (χ0) is 9.42. The molecular formula is C9H7IOS2. The van der Waals surface area contributed by atoms with Crippen LogP contribution in [0.5, 0.6) is 5.75 Å². The van der Waals surface area contributed by atoms with Gasteiger partial charge in [-0.05, 0) is 41.0 Å². The first-order chi connectivity index (χ1) is 6.24. The van der Waals surface area contributed by atoms with Crippen molar-refractivity contribution in [1.82, 2.24) is 0 Å². The number of fused-ring (bicyclic) bond motifs is 1. The lowest BCUT2D eigenvalue weighted by atomic mass is 10.2. The van der Waals surface area contributed by atoms with Gasteiger partial charge in [0.1, 0.15) is 5.75 Å². The van der Waals surface area contributed by atoms with Gasteiger partial charge in [-0.15, -0.1) is 23.1 Å². The van der Waals surface area contributed by atoms with E-state index >= 15 is 0 Å². The van der Waals surface area contributed by atoms with Crippen LogP contribution >= 0.6 is 45.7 Å². The van der Waals surface area contributed by atoms with Crippen molar-refractivity contribution in [2.45, 2.75) is 4.90 Å². The summed E-state index contributed by atoms with van der Waals surface area (Å²) in [5.41, 5.74) is 0. The number of rotatable bonds is 1. The summed E-state index contributed by atoms with van der Waals surface area (Å²) in [5.74, 6) is 0.377. The number of phenolic OH excluding ortho intramolecular Hbond substituents is 1. The summed E-state index contributed by atoms with van der Waals surface area (Å²) in [6.07, 6.45) is 2.06. The van der Waals surface area contributed by atoms with Gasteiger partial charge in [0.2, 0.25) is 0 Å². The molecule has 2 aromatic rings. The maximum absolute atomic E-state index is 9.54. The maximum atomic E-state index is 9.54. The van der Waals surface area contributed by atoms with Crippen LogP contribution in [0.15, 0.2) is 22.4 Å². The fourth-order valence-electron chi connectivity index (χ4n) is 1.20. The Bertz CT molecular complexity index is 450. The zero-order valence-corrected chi connectivity index (χ0v) is 10.7. The molecule has 0 amide bonds. The Morgan fingerprint density at radius 3 is 2.92 bits per heavy atom. The molecule has 0 saturated heterocycles. The summed E-state index contributed by atoms with van der Waals surface area (Å²) >= 11 is 5.64. The third-order valence-electron chi connectivity index (χ3n) is 1.84. The van der Waals surface area contributed by atoms with E-state index in [4.69, 9.17) is 0 Å². The molecule has 0 aliphatic carbocycles. The molecule has 2 rings (SSSR count). The van der Waals surface area contributed by atoms with Crippen LogP contribution in [-0.4, -0.2) is 11.4 Å². The minimum Gasteiger partial charge on any atom is -0.507 e. The third-order valence-corrected chi connectivity index (χ3v) is 4.79. The van der Waals surface area contributed by atoms with Gasteiger partial charge in [-0.1, -0.05) is 0 Å². The molecule has 0 atom stereocenters. The largest absolute Gasteiger partial charge is 0.507 e. The van der Waals surface area contributed by atoms with Crippen molar-refractivity contribution < 1.29 is 5.11 Å². The second kappa shape index (κ2) is 3.67. The van der Waals surface area contributed by atoms with Gasteiger partial charge in [-0.2, -0.15) is 0 Å². The van der Waals surface area contributed by atoms with Crippen LogP contribution in [0, 0.1) is 3.57 Å². The molecule has 0 aliphatic rings. The van der Waals surface area contributed by atoms with Gasteiger partial charge in [-0.25, -0.2) is 0 Å². The molecule has 0 saturated carbocycles. The van der Waals surface area contributed by atoms with Crippen molar-refractivity contribution in [3.05, 3.63) is 21.1 Å². The van der Waals surface area contributed by atoms with Gasteiger partial charge < -0.3 is 5.11 Å². The van der Waals surface area contributed by atoms with E-state index in [1.165, 1.54) is 15.0 Å². The highest BCUT2D eigenvalue weighted by molar-refractivity contribution is 14.1. The molecule has 68 valence electrons. The Balaban J connectivity index is 2.85. The number of benzene rings is 1. The smallest absolute Gasteiger partial charge is 0.129 e. The molecule has 13 heavy (non-hydrogen) atoms. The molecule has 0 aliphatic heterocycles. The lowest BCUT2D eigenvalue weighted by molar-refractivity contribution is 0.472. The highest BCUT2D eigenvalue weighted by Gasteiger charge is 2.09. The van der Waals surface area contributed by atoms with Crippen LogP contribution in [0.2, 0.25) is 0 Å². The fraction of sp³-hybridized carbons (Fsp3) is 0.111. The molecule has 0 radical (unpaired) electrons. The molecule has 4 heteroatoms. The van der Waals surface area contributed by atoms with Crippen LogP contribution in [0.3, 0.4) is 0 Å². The first-order valence-corrected chi connectivity index (χ1v) is 6.85. The van der Waals surface area contributed by atoms with Gasteiger partial charge in [-0.3, -0.25) is 0 Å². The van der Waals surface area contributed by atoms with E-state index in [-0.39, 0.29) is 0 Å². The molecule has 1 aromatic carbocycles. The predicted octanol–water partition coefficient (Wildman–Crippen LogP) is 3.93. The predicted molar refractivity (Wildman–Crippen MR) is 68.0 cm³/mol. The van der Waals surface area contributed by atoms with E-state index in [0.717, 1.165) is 3.57 Å². The summed E-state index contributed by atoms with van der Waals surface area (Å²) in [5, 5.41) is 12.9. The third kappa shape index (κ3) is 1.55. The van der Waals surface area contributed by atoms with Gasteiger partial charge in [0.15, 0.2) is 0 Å². The minimum atomic E-state index is 0.377. The number of thioether (sulfide) groups is 1. The van der Waals surface area contributed by atoms with Crippen LogP contribution in [0.1, 0.15) is 0 Å². The summed E-state index contributed by atoms with van der Waals surface area (Å²) in [4.78, 5) is 1.25. The number of phenols is 1. The van der Waals surface area contributed by atoms with Gasteiger partial charge in [0.25, 0.3) is 0 Å². The molecule has 0 bridgehead atoms. The van der Waals surface area contributed by atoms with Crippen molar-refractivity contribution in [3.63, 3.8) is 0 Å². The average Bonchev–Trinajstić information content (AvgIpc) is 2.55. The van der Waals surface area contributed by atoms with Crippen LogP contribution < -0.4 is 0 Å². The van der Waals surface area contributed by atoms with Crippen molar-refractivity contribution in [2.75, 3.05) is 6.26 Å². The van der Waals surface area contributed by atoms with Gasteiger partial charge in [0.05, 0.1) is 3.57 Å². The Morgan fingerprint density at radius 1 is 1.46 bits per heavy atom. The van der Waals surface area contributed by atoms with Crippen molar-refractivity contribution in [2.24, 2.45) is 0 Å². The number of hydrogen-bond donors (Lipinski definition) is 1. The second-order valence-corrected chi connectivity index (χ2v) is 5.41. The molecule has 0 spiro atoms. The highest BCUT2D eigenvalue weighted by Crippen LogP contribution is 2.38. The molecule has 1 nitrogen and oxygen atoms in total. The van der Waals surface area contributed by atoms with E-state index in [2.05, 4.69) is 34.2 Å². The number of thiophene rings is 1. The Kier molecular flexibility index (Phi) is 2.71. The van der Waals surface area contributed by atoms with Crippen molar-refractivity contribution >= 4 is 55.8 Å². The van der Waals surface area contributed by atoms with E-state index in [1.54, 1.807) is 29.2 Å². The SMILES string of the molecule is CSc1csc2ccc(O)c(I)c12. The summed E-state index contributed by atoms with van der Waals surface area (Å²) in [6, 6.07) is 3.72. The highest BCUT2D eigenvalue weighted by atomic mass is 127. The zero-order valence-electron chi connectivity index (χ0n) is 6.87. The van der Waals surface area contributed by atoms with Crippen LogP contribution in [0.4, 0.5) is 0 Å². The first kappa shape index (κ1) is 9.61. The quantitative estimate of drug-likeness (QED) is 0.634. The summed E-state index contributed by atoms with van der Waals surface area (Å²) in [7, 11) is 0. The van der Waals surface area contributed by atoms with E-state index in [1.807, 2.05) is 6.07 Å². The van der Waals surface area contributed by atoms with Crippen molar-refractivity contribution in [3.8, 4) is 5.75 Å². The maximum Gasteiger partial charge on any atom is 0.129 e. The molecule has 1 N–H and O–H groups in total. The number of aromatic hydroxyl groups is 1. The van der Waals surface area contributed by atoms with Gasteiger partial charge in [0, 0.05) is 20.4 Å². The standard InChI is InChI=1S/C9H7IOS2/c1-12-7-4-13-6-3-2-5(11)9(10)8(6)7/h2-4,11H,1H3. The monoisotopic (exact) mass is 322 g/mol. The normalized spacial score (nSPS) is 10.9. The summed E-state index contributed by atoms with van der Waals surface area (Å²) < 4.78 is 2.20. The Morgan fingerprint density at radius 2 is 2.23 bits per heavy atom. The lowest BCUT2D eigenvalue weighted by Crippen LogP contribution is -1.75. The minimum absolute atomic E-state index is 0.377. The summed E-state index contributed by atoms with van der Waals surface area (Å²) in [6.45, 7) is 0. The first-order valence-electron chi connectivity index (χ1n) is 3.66. The number of hydrogen-bond acceptors (Lipinski definition) is 3. The average molecular weight is 322 g/mol. The van der Waals surface area contributed by atoms with Crippen molar-refractivity contribution in [1.29, 1.82) is 0 Å². The second-order valence-electron chi connectivity index (χ2n) is 2.58. The van der Waals surface area contributed by atoms with E-state index < -0.39 is 0 Å². The lowest BCUT2D eigenvalue weighted by Gasteiger charge is -2.00. The number of halogens is 1. The molecule has 0 unspecified atom stereocenters. The molecule has 1 aromatic heterocycles. The topological polar surface area (TPSA) is 20.2 Å². The van der Waals surface area contributed by atoms with Crippen LogP contribution in [-0.2, 0) is 0 Å². The van der Waals surface area contributed by atoms with Gasteiger partial charge >= 0.3 is 0 Å². The molecular weight excluding hydrogens is 315 g/mol. The molecule has 0 fully saturated rings.